The maximum Gasteiger partial charge on any atom is 0.351 e. The van der Waals surface area contributed by atoms with Crippen LogP contribution in [0.4, 0.5) is 0 Å². The molecule has 0 saturated carbocycles. The van der Waals surface area contributed by atoms with Crippen LogP contribution in [-0.2, 0) is 9.59 Å². The third-order valence-corrected chi connectivity index (χ3v) is 1.78. The van der Waals surface area contributed by atoms with Crippen molar-refractivity contribution in [1.82, 2.24) is 4.98 Å². The molecule has 2 rings (SSSR count). The molecule has 0 aliphatic heterocycles. The van der Waals surface area contributed by atoms with Crippen LogP contribution < -0.4 is 10.1 Å². The van der Waals surface area contributed by atoms with Gasteiger partial charge in [-0.15, -0.1) is 0 Å². The zero-order chi connectivity index (χ0) is 12.7. The lowest BCUT2D eigenvalue weighted by molar-refractivity contribution is -0.362. The van der Waals surface area contributed by atoms with Crippen molar-refractivity contribution < 1.29 is 24.8 Å². The quantitative estimate of drug-likeness (QED) is 0.637. The first-order valence-corrected chi connectivity index (χ1v) is 4.66. The molecule has 88 valence electrons. The molecule has 17 heavy (non-hydrogen) atoms. The molecule has 1 heterocycles. The molecular weight excluding hydrogens is 224 g/mol. The van der Waals surface area contributed by atoms with Gasteiger partial charge in [-0.3, -0.25) is 0 Å². The monoisotopic (exact) mass is 234 g/mol. The fraction of sp³-hybridized carbons (Fsp3) is 0. The number of carboxylic acid groups (broad SMARTS) is 2. The van der Waals surface area contributed by atoms with Crippen LogP contribution in [-0.4, -0.2) is 22.0 Å². The van der Waals surface area contributed by atoms with Crippen molar-refractivity contribution >= 4 is 11.9 Å². The normalized spacial score (nSPS) is 8.94. The third-order valence-electron chi connectivity index (χ3n) is 1.78. The molecule has 1 aromatic carbocycles. The van der Waals surface area contributed by atoms with E-state index in [1.165, 1.54) is 5.56 Å². The van der Waals surface area contributed by atoms with Gasteiger partial charge >= 0.3 is 5.97 Å². The average molecular weight is 234 g/mol. The van der Waals surface area contributed by atoms with Gasteiger partial charge in [-0.25, -0.2) is 14.8 Å². The summed E-state index contributed by atoms with van der Waals surface area (Å²) in [6.07, 6.45) is 3.75. The van der Waals surface area contributed by atoms with Crippen LogP contribution in [0.5, 0.6) is 0 Å². The number of aliphatic carboxylic acids is 2. The van der Waals surface area contributed by atoms with Crippen molar-refractivity contribution in [3.63, 3.8) is 0 Å². The second-order valence-corrected chi connectivity index (χ2v) is 2.96. The Bertz CT molecular complexity index is 467. The van der Waals surface area contributed by atoms with E-state index in [4.69, 9.17) is 19.8 Å². The van der Waals surface area contributed by atoms with E-state index in [9.17, 15) is 0 Å². The zero-order valence-electron chi connectivity index (χ0n) is 8.71. The lowest BCUT2D eigenvalue weighted by atomic mass is 10.2. The summed E-state index contributed by atoms with van der Waals surface area (Å²) in [7, 11) is 0. The summed E-state index contributed by atoms with van der Waals surface area (Å²) in [5.74, 6) is -2.96. The molecular formula is C11H10N2O4. The topological polar surface area (TPSA) is 107 Å². The molecule has 0 spiro atoms. The smallest absolute Gasteiger partial charge is 0.351 e. The number of imidazole rings is 1. The van der Waals surface area contributed by atoms with E-state index in [0.717, 1.165) is 5.82 Å². The Balaban J connectivity index is 0.000000209. The van der Waals surface area contributed by atoms with Gasteiger partial charge < -0.3 is 15.0 Å². The molecule has 0 aliphatic rings. The SMILES string of the molecule is O=C([O-])C(=O)O.c1ccc(-c2[nH]cc[nH+]2)cc1. The van der Waals surface area contributed by atoms with Gasteiger partial charge in [0.2, 0.25) is 0 Å². The Labute approximate surface area is 96.6 Å². The highest BCUT2D eigenvalue weighted by Gasteiger charge is 2.01. The van der Waals surface area contributed by atoms with E-state index in [-0.39, 0.29) is 0 Å². The van der Waals surface area contributed by atoms with E-state index in [1.54, 1.807) is 0 Å². The molecule has 0 amide bonds. The Morgan fingerprint density at radius 3 is 2.24 bits per heavy atom. The summed E-state index contributed by atoms with van der Waals surface area (Å²) < 4.78 is 0. The average Bonchev–Trinajstić information content (AvgIpc) is 2.84. The molecule has 0 fully saturated rings. The number of H-pyrrole nitrogens is 2. The van der Waals surface area contributed by atoms with Crippen LogP contribution in [0.1, 0.15) is 0 Å². The minimum absolute atomic E-state index is 1.05. The molecule has 6 nitrogen and oxygen atoms in total. The summed E-state index contributed by atoms with van der Waals surface area (Å²) >= 11 is 0. The van der Waals surface area contributed by atoms with Gasteiger partial charge in [-0.05, 0) is 12.1 Å². The van der Waals surface area contributed by atoms with Gasteiger partial charge in [0.1, 0.15) is 12.4 Å². The maximum atomic E-state index is 9.04. The largest absolute Gasteiger partial charge is 0.539 e. The molecule has 2 aromatic rings. The summed E-state index contributed by atoms with van der Waals surface area (Å²) in [4.78, 5) is 24.2. The fourth-order valence-electron chi connectivity index (χ4n) is 1.06. The van der Waals surface area contributed by atoms with Crippen molar-refractivity contribution in [3.8, 4) is 11.4 Å². The molecule has 1 aromatic heterocycles. The molecule has 0 radical (unpaired) electrons. The minimum atomic E-state index is -2.07. The lowest BCUT2D eigenvalue weighted by Gasteiger charge is -1.87. The molecule has 6 heteroatoms. The Kier molecular flexibility index (Phi) is 4.44. The first-order chi connectivity index (χ1) is 8.11. The zero-order valence-corrected chi connectivity index (χ0v) is 8.71. The number of nitrogens with one attached hydrogen (secondary N) is 2. The van der Waals surface area contributed by atoms with Crippen molar-refractivity contribution in [2.45, 2.75) is 0 Å². The summed E-state index contributed by atoms with van der Waals surface area (Å²) in [6, 6.07) is 10.2. The van der Waals surface area contributed by atoms with Crippen LogP contribution in [0.25, 0.3) is 11.4 Å². The first-order valence-electron chi connectivity index (χ1n) is 4.66. The third kappa shape index (κ3) is 4.17. The number of rotatable bonds is 1. The van der Waals surface area contributed by atoms with Crippen LogP contribution in [0.15, 0.2) is 42.7 Å². The van der Waals surface area contributed by atoms with Crippen molar-refractivity contribution in [2.75, 3.05) is 0 Å². The second-order valence-electron chi connectivity index (χ2n) is 2.96. The lowest BCUT2D eigenvalue weighted by Crippen LogP contribution is -2.30. The van der Waals surface area contributed by atoms with Gasteiger partial charge in [-0.2, -0.15) is 0 Å². The number of aromatic nitrogens is 2. The molecule has 3 N–H and O–H groups in total. The summed E-state index contributed by atoms with van der Waals surface area (Å²) in [5, 5.41) is 16.3. The summed E-state index contributed by atoms with van der Waals surface area (Å²) in [5.41, 5.74) is 1.18. The predicted molar refractivity (Wildman–Crippen MR) is 55.4 cm³/mol. The predicted octanol–water partition coefficient (Wildman–Crippen LogP) is -0.683. The Morgan fingerprint density at radius 1 is 1.24 bits per heavy atom. The van der Waals surface area contributed by atoms with Crippen LogP contribution in [0, 0.1) is 0 Å². The van der Waals surface area contributed by atoms with E-state index in [2.05, 4.69) is 22.1 Å². The van der Waals surface area contributed by atoms with E-state index >= 15 is 0 Å². The number of benzene rings is 1. The van der Waals surface area contributed by atoms with E-state index in [0.29, 0.717) is 0 Å². The highest BCUT2D eigenvalue weighted by Crippen LogP contribution is 2.09. The van der Waals surface area contributed by atoms with E-state index in [1.807, 2.05) is 30.6 Å². The highest BCUT2D eigenvalue weighted by molar-refractivity contribution is 6.26. The molecule has 0 atom stereocenters. The number of hydrogen-bond acceptors (Lipinski definition) is 3. The van der Waals surface area contributed by atoms with Crippen LogP contribution in [0.3, 0.4) is 0 Å². The van der Waals surface area contributed by atoms with Gasteiger partial charge in [0.25, 0.3) is 5.82 Å². The number of hydrogen-bond donors (Lipinski definition) is 2. The van der Waals surface area contributed by atoms with Crippen LogP contribution >= 0.6 is 0 Å². The maximum absolute atomic E-state index is 9.04. The van der Waals surface area contributed by atoms with Gasteiger partial charge in [0.05, 0.1) is 5.56 Å². The molecule has 0 aliphatic carbocycles. The molecule has 0 saturated heterocycles. The number of carboxylic acids is 2. The number of carbonyl (C=O) groups is 2. The summed E-state index contributed by atoms with van der Waals surface area (Å²) in [6.45, 7) is 0. The van der Waals surface area contributed by atoms with Crippen molar-refractivity contribution in [1.29, 1.82) is 0 Å². The molecule has 0 bridgehead atoms. The van der Waals surface area contributed by atoms with E-state index < -0.39 is 11.9 Å². The Hall–Kier alpha value is -2.63. The van der Waals surface area contributed by atoms with Crippen molar-refractivity contribution in [2.24, 2.45) is 0 Å². The highest BCUT2D eigenvalue weighted by atomic mass is 16.4. The first kappa shape index (κ1) is 12.4. The van der Waals surface area contributed by atoms with Crippen LogP contribution in [0.2, 0.25) is 0 Å². The standard InChI is InChI=1S/C9H8N2.C2H2O4/c1-2-4-8(5-3-1)9-10-6-7-11-9;3-1(4)2(5)6/h1-7H,(H,10,11);(H,3,4)(H,5,6). The van der Waals surface area contributed by atoms with Gasteiger partial charge in [0.15, 0.2) is 5.97 Å². The van der Waals surface area contributed by atoms with Gasteiger partial charge in [-0.1, -0.05) is 18.2 Å². The van der Waals surface area contributed by atoms with Gasteiger partial charge in [0, 0.05) is 0 Å². The minimum Gasteiger partial charge on any atom is -0.539 e. The molecule has 0 unspecified atom stereocenters. The van der Waals surface area contributed by atoms with Crippen molar-refractivity contribution in [3.05, 3.63) is 42.7 Å². The Morgan fingerprint density at radius 2 is 1.82 bits per heavy atom. The number of carbonyl (C=O) groups excluding carboxylic acids is 1. The second kappa shape index (κ2) is 6.06. The fourth-order valence-corrected chi connectivity index (χ4v) is 1.06. The number of aromatic amines is 2.